The van der Waals surface area contributed by atoms with Gasteiger partial charge in [0, 0.05) is 37.3 Å². The SMILES string of the molecule is CN(SCCO)c1ccc2c(c1)N1CCC(C/C=C/CN=C(N)/C(C#N)=C\C=C\2)CC1.NC=O. The minimum Gasteiger partial charge on any atom is -0.395 e. The van der Waals surface area contributed by atoms with E-state index in [1.165, 1.54) is 5.69 Å². The maximum atomic E-state index is 9.43. The molecule has 182 valence electrons. The third kappa shape index (κ3) is 8.28. The first-order valence-corrected chi connectivity index (χ1v) is 12.2. The molecule has 1 saturated heterocycles. The van der Waals surface area contributed by atoms with E-state index in [4.69, 9.17) is 15.6 Å². The Kier molecular flexibility index (Phi) is 11.8. The number of nitrogens with zero attached hydrogens (tertiary/aromatic N) is 4. The van der Waals surface area contributed by atoms with Crippen LogP contribution in [0.2, 0.25) is 0 Å². The molecule has 1 fully saturated rings. The number of allylic oxidation sites excluding steroid dienone is 3. The monoisotopic (exact) mass is 482 g/mol. The molecule has 0 unspecified atom stereocenters. The topological polar surface area (TPSA) is 132 Å². The lowest BCUT2D eigenvalue weighted by molar-refractivity contribution is -0.106. The Bertz CT molecular complexity index is 959. The van der Waals surface area contributed by atoms with Crippen LogP contribution in [0.1, 0.15) is 24.8 Å². The maximum absolute atomic E-state index is 9.43. The number of aliphatic imine (C=N–C) groups is 1. The Morgan fingerprint density at radius 1 is 1.35 bits per heavy atom. The number of fused-ring (bicyclic) bond motifs is 7. The molecule has 1 amide bonds. The van der Waals surface area contributed by atoms with Gasteiger partial charge in [0.2, 0.25) is 6.41 Å². The third-order valence-corrected chi connectivity index (χ3v) is 6.61. The second-order valence-corrected chi connectivity index (χ2v) is 9.06. The molecule has 3 aliphatic heterocycles. The van der Waals surface area contributed by atoms with Crippen LogP contribution in [0, 0.1) is 17.2 Å². The molecule has 2 bridgehead atoms. The van der Waals surface area contributed by atoms with E-state index >= 15 is 0 Å². The fraction of sp³-hybridized carbons (Fsp3) is 0.400. The number of hydrogen-bond donors (Lipinski definition) is 3. The largest absolute Gasteiger partial charge is 0.395 e. The average Bonchev–Trinajstić information content (AvgIpc) is 2.85. The van der Waals surface area contributed by atoms with Gasteiger partial charge in [-0.3, -0.25) is 9.79 Å². The smallest absolute Gasteiger partial charge is 0.204 e. The number of aliphatic hydroxyl groups excluding tert-OH is 1. The first kappa shape index (κ1) is 27.0. The fourth-order valence-corrected chi connectivity index (χ4v) is 4.45. The number of carbonyl (C=O) groups excluding carboxylic acids is 1. The van der Waals surface area contributed by atoms with Crippen LogP contribution in [0.25, 0.3) is 6.08 Å². The van der Waals surface area contributed by atoms with E-state index in [1.807, 2.05) is 25.3 Å². The van der Waals surface area contributed by atoms with Crippen LogP contribution in [0.5, 0.6) is 0 Å². The molecule has 1 aromatic carbocycles. The number of hydrogen-bond acceptors (Lipinski definition) is 8. The van der Waals surface area contributed by atoms with Crippen molar-refractivity contribution in [3.8, 4) is 6.07 Å². The summed E-state index contributed by atoms with van der Waals surface area (Å²) in [4.78, 5) is 15.4. The number of benzene rings is 1. The summed E-state index contributed by atoms with van der Waals surface area (Å²) in [6.07, 6.45) is 13.5. The fourth-order valence-electron chi connectivity index (χ4n) is 3.83. The molecule has 0 spiro atoms. The lowest BCUT2D eigenvalue weighted by Crippen LogP contribution is -2.34. The Balaban J connectivity index is 0.00000129. The van der Waals surface area contributed by atoms with E-state index < -0.39 is 0 Å². The molecule has 1 aromatic rings. The van der Waals surface area contributed by atoms with Crippen LogP contribution in [0.3, 0.4) is 0 Å². The summed E-state index contributed by atoms with van der Waals surface area (Å²) >= 11 is 1.60. The number of aliphatic hydroxyl groups is 1. The van der Waals surface area contributed by atoms with E-state index in [0.717, 1.165) is 43.6 Å². The zero-order chi connectivity index (χ0) is 24.8. The highest BCUT2D eigenvalue weighted by Crippen LogP contribution is 2.33. The Morgan fingerprint density at radius 2 is 2.09 bits per heavy atom. The molecule has 0 aliphatic carbocycles. The highest BCUT2D eigenvalue weighted by Gasteiger charge is 2.21. The van der Waals surface area contributed by atoms with Crippen molar-refractivity contribution in [2.45, 2.75) is 19.3 Å². The molecule has 34 heavy (non-hydrogen) atoms. The van der Waals surface area contributed by atoms with Crippen molar-refractivity contribution >= 4 is 41.6 Å². The minimum atomic E-state index is 0.157. The molecule has 0 saturated carbocycles. The summed E-state index contributed by atoms with van der Waals surface area (Å²) in [5.74, 6) is 1.62. The van der Waals surface area contributed by atoms with Gasteiger partial charge in [0.25, 0.3) is 0 Å². The number of rotatable bonds is 4. The molecule has 4 rings (SSSR count). The Labute approximate surface area is 206 Å². The van der Waals surface area contributed by atoms with Crippen molar-refractivity contribution in [2.75, 3.05) is 48.2 Å². The molecule has 8 nitrogen and oxygen atoms in total. The van der Waals surface area contributed by atoms with Crippen LogP contribution >= 0.6 is 11.9 Å². The van der Waals surface area contributed by atoms with Crippen LogP contribution < -0.4 is 20.7 Å². The molecule has 3 aliphatic rings. The molecule has 0 aromatic heterocycles. The summed E-state index contributed by atoms with van der Waals surface area (Å²) in [6, 6.07) is 8.57. The van der Waals surface area contributed by atoms with Gasteiger partial charge in [-0.05, 0) is 60.9 Å². The normalized spacial score (nSPS) is 19.9. The van der Waals surface area contributed by atoms with E-state index in [0.29, 0.717) is 23.8 Å². The predicted octanol–water partition coefficient (Wildman–Crippen LogP) is 2.86. The average molecular weight is 483 g/mol. The van der Waals surface area contributed by atoms with Crippen molar-refractivity contribution in [3.63, 3.8) is 0 Å². The van der Waals surface area contributed by atoms with Gasteiger partial charge in [-0.2, -0.15) is 5.26 Å². The second-order valence-electron chi connectivity index (χ2n) is 7.85. The molecule has 0 atom stereocenters. The van der Waals surface area contributed by atoms with Gasteiger partial charge >= 0.3 is 0 Å². The molecule has 3 heterocycles. The zero-order valence-corrected chi connectivity index (χ0v) is 20.5. The third-order valence-electron chi connectivity index (χ3n) is 5.65. The van der Waals surface area contributed by atoms with Gasteiger partial charge < -0.3 is 25.8 Å². The Morgan fingerprint density at radius 3 is 2.76 bits per heavy atom. The van der Waals surface area contributed by atoms with Crippen LogP contribution in [0.15, 0.2) is 53.1 Å². The lowest BCUT2D eigenvalue weighted by atomic mass is 9.92. The van der Waals surface area contributed by atoms with Gasteiger partial charge in [-0.25, -0.2) is 0 Å². The lowest BCUT2D eigenvalue weighted by Gasteiger charge is -2.35. The predicted molar refractivity (Wildman–Crippen MR) is 143 cm³/mol. The number of carbonyl (C=O) groups is 1. The van der Waals surface area contributed by atoms with E-state index in [1.54, 1.807) is 18.0 Å². The summed E-state index contributed by atoms with van der Waals surface area (Å²) in [7, 11) is 2.02. The first-order chi connectivity index (χ1) is 16.5. The van der Waals surface area contributed by atoms with Crippen molar-refractivity contribution in [3.05, 3.63) is 53.6 Å². The molecule has 5 N–H and O–H groups in total. The van der Waals surface area contributed by atoms with Gasteiger partial charge in [0.05, 0.1) is 18.7 Å². The van der Waals surface area contributed by atoms with Crippen LogP contribution in [0.4, 0.5) is 11.4 Å². The molecule has 0 radical (unpaired) electrons. The van der Waals surface area contributed by atoms with Crippen molar-refractivity contribution < 1.29 is 9.90 Å². The van der Waals surface area contributed by atoms with Gasteiger partial charge in [-0.15, -0.1) is 0 Å². The number of primary amides is 1. The number of nitrogens with two attached hydrogens (primary N) is 2. The van der Waals surface area contributed by atoms with Gasteiger partial charge in [0.15, 0.2) is 0 Å². The number of amides is 1. The summed E-state index contributed by atoms with van der Waals surface area (Å²) in [5.41, 5.74) is 14.0. The number of piperidine rings is 1. The zero-order valence-electron chi connectivity index (χ0n) is 19.6. The van der Waals surface area contributed by atoms with Crippen LogP contribution in [-0.4, -0.2) is 56.4 Å². The number of anilines is 2. The van der Waals surface area contributed by atoms with Crippen molar-refractivity contribution in [2.24, 2.45) is 22.4 Å². The molecular formula is C25H34N6O2S. The van der Waals surface area contributed by atoms with Gasteiger partial charge in [-0.1, -0.05) is 30.4 Å². The highest BCUT2D eigenvalue weighted by atomic mass is 32.2. The van der Waals surface area contributed by atoms with Crippen molar-refractivity contribution in [1.29, 1.82) is 5.26 Å². The summed E-state index contributed by atoms with van der Waals surface area (Å²) in [6.45, 7) is 2.72. The Hall–Kier alpha value is -3.22. The van der Waals surface area contributed by atoms with Crippen molar-refractivity contribution in [1.82, 2.24) is 0 Å². The van der Waals surface area contributed by atoms with E-state index in [2.05, 4.69) is 50.3 Å². The molecular weight excluding hydrogens is 448 g/mol. The number of amidine groups is 1. The first-order valence-electron chi connectivity index (χ1n) is 11.3. The van der Waals surface area contributed by atoms with E-state index in [9.17, 15) is 5.26 Å². The minimum absolute atomic E-state index is 0.157. The van der Waals surface area contributed by atoms with Gasteiger partial charge in [0.1, 0.15) is 11.9 Å². The quantitative estimate of drug-likeness (QED) is 0.341. The number of nitriles is 1. The molecule has 9 heteroatoms. The maximum Gasteiger partial charge on any atom is 0.204 e. The standard InChI is InChI=1S/C24H31N5OS.CH3NO/c1-28(31-16-15-30)22-9-8-20-6-4-7-21(18-25)24(26)27-12-3-2-5-19-10-13-29(14-11-19)23(20)17-22;2-1-3/h2-4,6-9,17,19,30H,5,10-16H2,1H3,(H2,26,27);1H,(H2,2,3)/b3-2+,6-4+,21-7-;. The van der Waals surface area contributed by atoms with Crippen LogP contribution in [-0.2, 0) is 4.79 Å². The second kappa shape index (κ2) is 14.8. The highest BCUT2D eigenvalue weighted by molar-refractivity contribution is 8.00. The summed E-state index contributed by atoms with van der Waals surface area (Å²) < 4.78 is 2.10. The summed E-state index contributed by atoms with van der Waals surface area (Å²) in [5, 5.41) is 18.6. The van der Waals surface area contributed by atoms with E-state index in [-0.39, 0.29) is 18.9 Å².